The molecule has 8 rings (SSSR count). The monoisotopic (exact) mass is 422 g/mol. The fourth-order valence-electron chi connectivity index (χ4n) is 7.72. The Morgan fingerprint density at radius 3 is 2.81 bits per heavy atom. The third-order valence-electron chi connectivity index (χ3n) is 9.61. The van der Waals surface area contributed by atoms with E-state index in [1.54, 1.807) is 7.11 Å². The molecule has 6 fully saturated rings. The molecule has 0 unspecified atom stereocenters. The van der Waals surface area contributed by atoms with E-state index in [-0.39, 0.29) is 28.4 Å². The zero-order chi connectivity index (χ0) is 20.8. The first kappa shape index (κ1) is 18.9. The minimum atomic E-state index is -0.206. The first-order valence-electron chi connectivity index (χ1n) is 12.4. The van der Waals surface area contributed by atoms with E-state index in [1.807, 2.05) is 0 Å². The van der Waals surface area contributed by atoms with Crippen molar-refractivity contribution in [2.24, 2.45) is 11.8 Å². The zero-order valence-electron chi connectivity index (χ0n) is 18.6. The lowest BCUT2D eigenvalue weighted by atomic mass is 9.45. The summed E-state index contributed by atoms with van der Waals surface area (Å²) in [7, 11) is 1.76. The van der Waals surface area contributed by atoms with Crippen molar-refractivity contribution in [2.75, 3.05) is 26.8 Å². The van der Waals surface area contributed by atoms with Gasteiger partial charge in [-0.2, -0.15) is 0 Å². The van der Waals surface area contributed by atoms with Gasteiger partial charge in [0.15, 0.2) is 0 Å². The van der Waals surface area contributed by atoms with Crippen molar-refractivity contribution in [3.63, 3.8) is 0 Å². The molecule has 1 aromatic carbocycles. The number of carbonyl (C=O) groups is 1. The van der Waals surface area contributed by atoms with Crippen molar-refractivity contribution in [1.29, 1.82) is 0 Å². The predicted molar refractivity (Wildman–Crippen MR) is 117 cm³/mol. The third kappa shape index (κ3) is 2.59. The minimum absolute atomic E-state index is 0.0207. The number of fused-ring (bicyclic) bond motifs is 3. The molecule has 3 saturated heterocycles. The van der Waals surface area contributed by atoms with Gasteiger partial charge < -0.3 is 14.8 Å². The van der Waals surface area contributed by atoms with Crippen LogP contribution in [0, 0.1) is 11.8 Å². The number of ether oxygens (including phenoxy) is 2. The van der Waals surface area contributed by atoms with Gasteiger partial charge in [0.25, 0.3) is 0 Å². The van der Waals surface area contributed by atoms with E-state index >= 15 is 0 Å². The van der Waals surface area contributed by atoms with E-state index in [4.69, 9.17) is 9.47 Å². The van der Waals surface area contributed by atoms with Crippen LogP contribution in [-0.4, -0.2) is 54.8 Å². The molecule has 4 atom stereocenters. The van der Waals surface area contributed by atoms with Crippen LogP contribution in [0.2, 0.25) is 0 Å². The fraction of sp³-hybridized carbons (Fsp3) is 0.731. The number of rotatable bonds is 5. The SMILES string of the molecule is COc1ccc2c(c1)[C@]13CCN(CC4CC4)[C@H](C2)[C@]12CC[C@@](NC(=O)C1CC1)(CO2)C3. The van der Waals surface area contributed by atoms with Crippen LogP contribution in [0.25, 0.3) is 0 Å². The van der Waals surface area contributed by atoms with E-state index < -0.39 is 0 Å². The van der Waals surface area contributed by atoms with Gasteiger partial charge in [0, 0.05) is 23.9 Å². The van der Waals surface area contributed by atoms with Crippen LogP contribution >= 0.6 is 0 Å². The molecule has 4 bridgehead atoms. The molecule has 0 aromatic heterocycles. The fourth-order valence-corrected chi connectivity index (χ4v) is 7.72. The molecule has 3 heterocycles. The first-order valence-corrected chi connectivity index (χ1v) is 12.4. The summed E-state index contributed by atoms with van der Waals surface area (Å²) >= 11 is 0. The highest BCUT2D eigenvalue weighted by Crippen LogP contribution is 2.65. The van der Waals surface area contributed by atoms with Crippen molar-refractivity contribution in [3.8, 4) is 5.75 Å². The standard InChI is InChI=1S/C26H34N2O3/c1-30-20-7-6-19-12-22-26-9-8-24(16-31-26,27-23(29)18-4-5-18)15-25(26,21(19)13-20)10-11-28(22)14-17-2-3-17/h6-7,13,17-18,22H,2-5,8-12,14-16H2,1H3,(H,27,29)/t22-,24+,25-,26-/m1/s1. The summed E-state index contributed by atoms with van der Waals surface area (Å²) in [6.07, 6.45) is 10.2. The van der Waals surface area contributed by atoms with Crippen LogP contribution in [0.1, 0.15) is 62.5 Å². The van der Waals surface area contributed by atoms with E-state index in [1.165, 1.54) is 30.5 Å². The Morgan fingerprint density at radius 1 is 1.23 bits per heavy atom. The summed E-state index contributed by atoms with van der Waals surface area (Å²) in [6, 6.07) is 7.18. The van der Waals surface area contributed by atoms with Crippen LogP contribution in [0.4, 0.5) is 0 Å². The lowest BCUT2D eigenvalue weighted by molar-refractivity contribution is -0.262. The Kier molecular flexibility index (Phi) is 3.82. The molecule has 1 spiro atoms. The second kappa shape index (κ2) is 6.26. The summed E-state index contributed by atoms with van der Waals surface area (Å²) in [5, 5.41) is 3.51. The minimum Gasteiger partial charge on any atom is -0.497 e. The molecule has 4 aliphatic carbocycles. The smallest absolute Gasteiger partial charge is 0.223 e. The van der Waals surface area contributed by atoms with Gasteiger partial charge >= 0.3 is 0 Å². The molecule has 7 aliphatic rings. The summed E-state index contributed by atoms with van der Waals surface area (Å²) < 4.78 is 12.7. The summed E-state index contributed by atoms with van der Waals surface area (Å²) in [4.78, 5) is 15.6. The van der Waals surface area contributed by atoms with Crippen LogP contribution in [0.3, 0.4) is 0 Å². The van der Waals surface area contributed by atoms with Gasteiger partial charge in [0.2, 0.25) is 5.91 Å². The van der Waals surface area contributed by atoms with Crippen LogP contribution in [-0.2, 0) is 21.4 Å². The third-order valence-corrected chi connectivity index (χ3v) is 9.61. The number of benzene rings is 1. The summed E-state index contributed by atoms with van der Waals surface area (Å²) in [5.74, 6) is 2.34. The topological polar surface area (TPSA) is 50.8 Å². The van der Waals surface area contributed by atoms with E-state index in [0.717, 1.165) is 63.2 Å². The maximum Gasteiger partial charge on any atom is 0.223 e. The Balaban J connectivity index is 1.33. The molecular weight excluding hydrogens is 388 g/mol. The molecule has 31 heavy (non-hydrogen) atoms. The van der Waals surface area contributed by atoms with Gasteiger partial charge in [0.1, 0.15) is 5.75 Å². The number of amides is 1. The Morgan fingerprint density at radius 2 is 2.10 bits per heavy atom. The van der Waals surface area contributed by atoms with Crippen molar-refractivity contribution in [1.82, 2.24) is 10.2 Å². The molecule has 5 nitrogen and oxygen atoms in total. The van der Waals surface area contributed by atoms with Crippen molar-refractivity contribution in [2.45, 2.75) is 80.4 Å². The number of carbonyl (C=O) groups excluding carboxylic acids is 1. The second-order valence-electron chi connectivity index (χ2n) is 11.4. The average Bonchev–Trinajstić information content (AvgIpc) is 3.69. The van der Waals surface area contributed by atoms with Crippen LogP contribution < -0.4 is 10.1 Å². The van der Waals surface area contributed by atoms with E-state index in [2.05, 4.69) is 28.4 Å². The van der Waals surface area contributed by atoms with Crippen LogP contribution in [0.15, 0.2) is 18.2 Å². The lowest BCUT2D eigenvalue weighted by Crippen LogP contribution is -2.81. The molecule has 3 aliphatic heterocycles. The normalized spacial score (nSPS) is 40.7. The van der Waals surface area contributed by atoms with Gasteiger partial charge in [0.05, 0.1) is 24.9 Å². The zero-order valence-corrected chi connectivity index (χ0v) is 18.6. The van der Waals surface area contributed by atoms with Gasteiger partial charge in [-0.3, -0.25) is 9.69 Å². The summed E-state index contributed by atoms with van der Waals surface area (Å²) in [6.45, 7) is 3.07. The Bertz CT molecular complexity index is 929. The molecule has 3 saturated carbocycles. The number of piperidine rings is 1. The second-order valence-corrected chi connectivity index (χ2v) is 11.4. The number of nitrogens with one attached hydrogen (secondary N) is 1. The predicted octanol–water partition coefficient (Wildman–Crippen LogP) is 3.19. The average molecular weight is 423 g/mol. The number of nitrogens with zero attached hydrogens (tertiary/aromatic N) is 1. The highest BCUT2D eigenvalue weighted by molar-refractivity contribution is 5.81. The van der Waals surface area contributed by atoms with Gasteiger partial charge in [-0.1, -0.05) is 6.07 Å². The number of hydrogen-bond donors (Lipinski definition) is 1. The number of methoxy groups -OCH3 is 1. The lowest BCUT2D eigenvalue weighted by Gasteiger charge is -2.71. The highest BCUT2D eigenvalue weighted by Gasteiger charge is 2.71. The number of hydrogen-bond acceptors (Lipinski definition) is 4. The maximum atomic E-state index is 12.8. The summed E-state index contributed by atoms with van der Waals surface area (Å²) in [5.41, 5.74) is 2.57. The highest BCUT2D eigenvalue weighted by atomic mass is 16.5. The molecule has 1 amide bonds. The molecule has 5 heteroatoms. The van der Waals surface area contributed by atoms with E-state index in [0.29, 0.717) is 12.6 Å². The van der Waals surface area contributed by atoms with Gasteiger partial charge in [-0.15, -0.1) is 0 Å². The Hall–Kier alpha value is -1.59. The maximum absolute atomic E-state index is 12.8. The largest absolute Gasteiger partial charge is 0.497 e. The Labute approximate surface area is 184 Å². The van der Waals surface area contributed by atoms with Crippen molar-refractivity contribution in [3.05, 3.63) is 29.3 Å². The molecular formula is C26H34N2O3. The van der Waals surface area contributed by atoms with Gasteiger partial charge in [-0.05, 0) is 93.5 Å². The van der Waals surface area contributed by atoms with Crippen molar-refractivity contribution >= 4 is 5.91 Å². The van der Waals surface area contributed by atoms with E-state index in [9.17, 15) is 4.79 Å². The molecule has 1 aromatic rings. The van der Waals surface area contributed by atoms with Gasteiger partial charge in [-0.25, -0.2) is 0 Å². The molecule has 1 N–H and O–H groups in total. The number of likely N-dealkylation sites (tertiary alicyclic amines) is 1. The molecule has 0 radical (unpaired) electrons. The quantitative estimate of drug-likeness (QED) is 0.792. The van der Waals surface area contributed by atoms with Crippen molar-refractivity contribution < 1.29 is 14.3 Å². The molecule has 166 valence electrons. The first-order chi connectivity index (χ1) is 15.1. The van der Waals surface area contributed by atoms with Crippen LogP contribution in [0.5, 0.6) is 5.75 Å².